The molecule has 2 nitrogen and oxygen atoms in total. The molecule has 1 amide bonds. The minimum atomic E-state index is 0.0248. The van der Waals surface area contributed by atoms with Crippen LogP contribution in [0, 0.1) is 5.92 Å². The van der Waals surface area contributed by atoms with Gasteiger partial charge in [-0.1, -0.05) is 67.9 Å². The molecule has 2 aromatic rings. The van der Waals surface area contributed by atoms with Crippen LogP contribution in [0.15, 0.2) is 54.6 Å². The highest BCUT2D eigenvalue weighted by molar-refractivity contribution is 6.30. The van der Waals surface area contributed by atoms with E-state index in [1.165, 1.54) is 0 Å². The molecular weight excluding hydrogens is 294 g/mol. The molecule has 1 unspecified atom stereocenters. The molecule has 0 fully saturated rings. The van der Waals surface area contributed by atoms with E-state index >= 15 is 0 Å². The summed E-state index contributed by atoms with van der Waals surface area (Å²) in [6.45, 7) is 4.33. The summed E-state index contributed by atoms with van der Waals surface area (Å²) in [5.41, 5.74) is 2.08. The number of nitrogens with one attached hydrogen (secondary N) is 1. The number of benzene rings is 2. The Kier molecular flexibility index (Phi) is 6.02. The summed E-state index contributed by atoms with van der Waals surface area (Å²) in [7, 11) is 0. The Morgan fingerprint density at radius 3 is 2.45 bits per heavy atom. The second kappa shape index (κ2) is 8.00. The summed E-state index contributed by atoms with van der Waals surface area (Å²) >= 11 is 5.97. The lowest BCUT2D eigenvalue weighted by molar-refractivity contribution is -0.121. The van der Waals surface area contributed by atoms with Crippen molar-refractivity contribution in [1.29, 1.82) is 0 Å². The van der Waals surface area contributed by atoms with Crippen molar-refractivity contribution < 1.29 is 4.79 Å². The molecule has 2 rings (SSSR count). The molecule has 116 valence electrons. The molecule has 2 aromatic carbocycles. The fourth-order valence-electron chi connectivity index (χ4n) is 2.51. The summed E-state index contributed by atoms with van der Waals surface area (Å²) < 4.78 is 0. The Morgan fingerprint density at radius 1 is 1.09 bits per heavy atom. The number of hydrogen-bond donors (Lipinski definition) is 1. The predicted octanol–water partition coefficient (Wildman–Crippen LogP) is 4.79. The quantitative estimate of drug-likeness (QED) is 0.816. The highest BCUT2D eigenvalue weighted by Gasteiger charge is 2.16. The van der Waals surface area contributed by atoms with E-state index in [0.717, 1.165) is 17.5 Å². The Bertz CT molecular complexity index is 610. The fraction of sp³-hybridized carbons (Fsp3) is 0.316. The average Bonchev–Trinajstić information content (AvgIpc) is 2.47. The second-order valence-corrected chi connectivity index (χ2v) is 6.40. The van der Waals surface area contributed by atoms with Gasteiger partial charge in [0.15, 0.2) is 0 Å². The molecule has 0 saturated heterocycles. The highest BCUT2D eigenvalue weighted by Crippen LogP contribution is 2.21. The van der Waals surface area contributed by atoms with Crippen molar-refractivity contribution in [3.05, 3.63) is 70.7 Å². The molecule has 0 aromatic heterocycles. The van der Waals surface area contributed by atoms with Crippen LogP contribution in [0.2, 0.25) is 5.02 Å². The molecule has 0 aliphatic heterocycles. The summed E-state index contributed by atoms with van der Waals surface area (Å²) in [5, 5.41) is 3.81. The van der Waals surface area contributed by atoms with Crippen LogP contribution in [-0.2, 0) is 11.2 Å². The summed E-state index contributed by atoms with van der Waals surface area (Å²) in [5.74, 6) is 0.536. The molecule has 0 bridgehead atoms. The molecule has 1 atom stereocenters. The van der Waals surface area contributed by atoms with Crippen LogP contribution < -0.4 is 5.32 Å². The van der Waals surface area contributed by atoms with Gasteiger partial charge in [0.25, 0.3) is 0 Å². The van der Waals surface area contributed by atoms with Gasteiger partial charge in [-0.2, -0.15) is 0 Å². The third-order valence-electron chi connectivity index (χ3n) is 3.50. The van der Waals surface area contributed by atoms with Gasteiger partial charge in [0, 0.05) is 5.02 Å². The minimum Gasteiger partial charge on any atom is -0.349 e. The molecular formula is C19H22ClNO. The number of halogens is 1. The lowest BCUT2D eigenvalue weighted by atomic mass is 9.96. The standard InChI is InChI=1S/C19H22ClNO/c1-14(2)11-18(16-8-4-3-5-9-16)21-19(22)13-15-7-6-10-17(20)12-15/h3-10,12,14,18H,11,13H2,1-2H3,(H,21,22). The van der Waals surface area contributed by atoms with E-state index in [-0.39, 0.29) is 11.9 Å². The molecule has 0 saturated carbocycles. The van der Waals surface area contributed by atoms with E-state index in [2.05, 4.69) is 31.3 Å². The van der Waals surface area contributed by atoms with Gasteiger partial charge in [0.1, 0.15) is 0 Å². The van der Waals surface area contributed by atoms with Gasteiger partial charge >= 0.3 is 0 Å². The SMILES string of the molecule is CC(C)CC(NC(=O)Cc1cccc(Cl)c1)c1ccccc1. The van der Waals surface area contributed by atoms with Crippen molar-refractivity contribution in [3.63, 3.8) is 0 Å². The Hall–Kier alpha value is -1.80. The third kappa shape index (κ3) is 5.19. The first-order valence-corrected chi connectivity index (χ1v) is 8.01. The van der Waals surface area contributed by atoms with Gasteiger partial charge in [-0.05, 0) is 35.6 Å². The molecule has 0 radical (unpaired) electrons. The molecule has 0 spiro atoms. The minimum absolute atomic E-state index is 0.0248. The Labute approximate surface area is 137 Å². The molecule has 22 heavy (non-hydrogen) atoms. The second-order valence-electron chi connectivity index (χ2n) is 5.97. The van der Waals surface area contributed by atoms with Crippen molar-refractivity contribution in [1.82, 2.24) is 5.32 Å². The molecule has 3 heteroatoms. The molecule has 1 N–H and O–H groups in total. The number of amides is 1. The highest BCUT2D eigenvalue weighted by atomic mass is 35.5. The maximum atomic E-state index is 12.3. The van der Waals surface area contributed by atoms with Crippen LogP contribution in [0.5, 0.6) is 0 Å². The van der Waals surface area contributed by atoms with Gasteiger partial charge in [-0.3, -0.25) is 4.79 Å². The zero-order valence-electron chi connectivity index (χ0n) is 13.1. The zero-order chi connectivity index (χ0) is 15.9. The van der Waals surface area contributed by atoms with Gasteiger partial charge < -0.3 is 5.32 Å². The molecule has 0 heterocycles. The zero-order valence-corrected chi connectivity index (χ0v) is 13.8. The van der Waals surface area contributed by atoms with Gasteiger partial charge in [0.2, 0.25) is 5.91 Å². The van der Waals surface area contributed by atoms with Crippen molar-refractivity contribution >= 4 is 17.5 Å². The van der Waals surface area contributed by atoms with Crippen molar-refractivity contribution in [3.8, 4) is 0 Å². The topological polar surface area (TPSA) is 29.1 Å². The number of rotatable bonds is 6. The lowest BCUT2D eigenvalue weighted by Gasteiger charge is -2.21. The largest absolute Gasteiger partial charge is 0.349 e. The van der Waals surface area contributed by atoms with Gasteiger partial charge in [0.05, 0.1) is 12.5 Å². The number of carbonyl (C=O) groups is 1. The number of hydrogen-bond acceptors (Lipinski definition) is 1. The summed E-state index contributed by atoms with van der Waals surface area (Å²) in [6, 6.07) is 17.6. The first kappa shape index (κ1) is 16.6. The van der Waals surface area contributed by atoms with E-state index in [0.29, 0.717) is 17.4 Å². The number of carbonyl (C=O) groups excluding carboxylic acids is 1. The van der Waals surface area contributed by atoms with Crippen molar-refractivity contribution in [2.45, 2.75) is 32.7 Å². The van der Waals surface area contributed by atoms with Crippen LogP contribution in [-0.4, -0.2) is 5.91 Å². The fourth-order valence-corrected chi connectivity index (χ4v) is 2.73. The third-order valence-corrected chi connectivity index (χ3v) is 3.73. The smallest absolute Gasteiger partial charge is 0.224 e. The summed E-state index contributed by atoms with van der Waals surface area (Å²) in [6.07, 6.45) is 1.27. The van der Waals surface area contributed by atoms with E-state index in [9.17, 15) is 4.79 Å². The van der Waals surface area contributed by atoms with Crippen molar-refractivity contribution in [2.24, 2.45) is 5.92 Å². The summed E-state index contributed by atoms with van der Waals surface area (Å²) in [4.78, 5) is 12.3. The monoisotopic (exact) mass is 315 g/mol. The van der Waals surface area contributed by atoms with Crippen LogP contribution >= 0.6 is 11.6 Å². The predicted molar refractivity (Wildman–Crippen MR) is 91.9 cm³/mol. The van der Waals surface area contributed by atoms with E-state index in [1.807, 2.05) is 42.5 Å². The lowest BCUT2D eigenvalue weighted by Crippen LogP contribution is -2.30. The van der Waals surface area contributed by atoms with E-state index in [1.54, 1.807) is 0 Å². The average molecular weight is 316 g/mol. The Balaban J connectivity index is 2.05. The first-order valence-electron chi connectivity index (χ1n) is 7.63. The van der Waals surface area contributed by atoms with Crippen molar-refractivity contribution in [2.75, 3.05) is 0 Å². The molecule has 0 aliphatic rings. The van der Waals surface area contributed by atoms with Crippen LogP contribution in [0.3, 0.4) is 0 Å². The van der Waals surface area contributed by atoms with Crippen LogP contribution in [0.1, 0.15) is 37.4 Å². The van der Waals surface area contributed by atoms with Gasteiger partial charge in [-0.15, -0.1) is 0 Å². The Morgan fingerprint density at radius 2 is 1.82 bits per heavy atom. The molecule has 0 aliphatic carbocycles. The normalized spacial score (nSPS) is 12.2. The van der Waals surface area contributed by atoms with E-state index in [4.69, 9.17) is 11.6 Å². The van der Waals surface area contributed by atoms with Crippen LogP contribution in [0.4, 0.5) is 0 Å². The van der Waals surface area contributed by atoms with Crippen LogP contribution in [0.25, 0.3) is 0 Å². The maximum Gasteiger partial charge on any atom is 0.224 e. The van der Waals surface area contributed by atoms with Gasteiger partial charge in [-0.25, -0.2) is 0 Å². The van der Waals surface area contributed by atoms with E-state index < -0.39 is 0 Å². The maximum absolute atomic E-state index is 12.3. The first-order chi connectivity index (χ1) is 10.5.